The average Bonchev–Trinajstić information content (AvgIpc) is 2.80. The van der Waals surface area contributed by atoms with Gasteiger partial charge in [0.15, 0.2) is 0 Å². The number of hydrogen-bond acceptors (Lipinski definition) is 2. The second-order valence-electron chi connectivity index (χ2n) is 14.8. The van der Waals surface area contributed by atoms with Crippen molar-refractivity contribution in [1.29, 1.82) is 0 Å². The molecular weight excluding hydrogens is 530 g/mol. The minimum atomic E-state index is -1.60. The SMILES string of the molecule is CC(C)(C)C(P)(c1cc([Si](C)(C)C)c([Si](C)(C)C)cc1CP(c1ccccn1)c1ccccn1)C(C)(C)C. The monoisotopic (exact) mass is 580 g/mol. The first-order valence-corrected chi connectivity index (χ1v) is 23.0. The molecule has 1 atom stereocenters. The van der Waals surface area contributed by atoms with Crippen LogP contribution in [0.4, 0.5) is 0 Å². The lowest BCUT2D eigenvalue weighted by Crippen LogP contribution is -2.57. The third-order valence-electron chi connectivity index (χ3n) is 7.83. The van der Waals surface area contributed by atoms with Crippen molar-refractivity contribution < 1.29 is 0 Å². The zero-order valence-corrected chi connectivity index (χ0v) is 29.9. The fourth-order valence-electron chi connectivity index (χ4n) is 5.79. The van der Waals surface area contributed by atoms with Crippen molar-refractivity contribution in [2.45, 2.75) is 92.1 Å². The number of hydrogen-bond donors (Lipinski definition) is 0. The molecule has 206 valence electrons. The summed E-state index contributed by atoms with van der Waals surface area (Å²) in [6, 6.07) is 18.0. The predicted octanol–water partition coefficient (Wildman–Crippen LogP) is 7.36. The minimum absolute atomic E-state index is 0.0425. The molecule has 0 fully saturated rings. The van der Waals surface area contributed by atoms with Crippen molar-refractivity contribution in [2.75, 3.05) is 0 Å². The van der Waals surface area contributed by atoms with E-state index >= 15 is 0 Å². The second-order valence-corrected chi connectivity index (χ2v) is 27.9. The van der Waals surface area contributed by atoms with E-state index in [-0.39, 0.29) is 16.0 Å². The van der Waals surface area contributed by atoms with Crippen LogP contribution in [0.3, 0.4) is 0 Å². The molecule has 0 aliphatic carbocycles. The molecular formula is C32H50N2P2Si2. The number of pyridine rings is 2. The molecule has 0 amide bonds. The summed E-state index contributed by atoms with van der Waals surface area (Å²) in [6.45, 7) is 29.6. The highest BCUT2D eigenvalue weighted by molar-refractivity contribution is 7.71. The Morgan fingerprint density at radius 1 is 0.684 bits per heavy atom. The van der Waals surface area contributed by atoms with Crippen LogP contribution in [0.25, 0.3) is 0 Å². The smallest absolute Gasteiger partial charge is 0.0774 e. The molecule has 0 saturated heterocycles. The molecule has 38 heavy (non-hydrogen) atoms. The number of rotatable bonds is 7. The van der Waals surface area contributed by atoms with Gasteiger partial charge in [-0.25, -0.2) is 0 Å². The van der Waals surface area contributed by atoms with Crippen LogP contribution in [-0.4, -0.2) is 26.1 Å². The van der Waals surface area contributed by atoms with Crippen LogP contribution in [0.2, 0.25) is 39.3 Å². The van der Waals surface area contributed by atoms with Gasteiger partial charge in [0.1, 0.15) is 0 Å². The van der Waals surface area contributed by atoms with E-state index in [4.69, 9.17) is 9.97 Å². The first-order chi connectivity index (χ1) is 17.3. The topological polar surface area (TPSA) is 25.8 Å². The van der Waals surface area contributed by atoms with Gasteiger partial charge in [-0.1, -0.05) is 115 Å². The Bertz CT molecular complexity index is 1180. The Balaban J connectivity index is 2.44. The van der Waals surface area contributed by atoms with Crippen molar-refractivity contribution in [1.82, 2.24) is 9.97 Å². The normalized spacial score (nSPS) is 13.7. The standard InChI is InChI=1S/C32H50N2P2Si2/c1-30(2,3)32(35,31(4,5)6)25-22-27(38(10,11)12)26(37(7,8)9)21-24(25)23-36(28-17-13-15-19-33-28)29-18-14-16-20-34-29/h13-22H,23,35H2,1-12H3. The first-order valence-electron chi connectivity index (χ1n) is 13.9. The van der Waals surface area contributed by atoms with Gasteiger partial charge in [-0.05, 0) is 46.2 Å². The van der Waals surface area contributed by atoms with Crippen molar-refractivity contribution in [3.05, 3.63) is 72.1 Å². The third-order valence-corrected chi connectivity index (χ3v) is 16.5. The summed E-state index contributed by atoms with van der Waals surface area (Å²) < 4.78 is 0. The third kappa shape index (κ3) is 6.41. The second kappa shape index (κ2) is 11.0. The molecule has 2 nitrogen and oxygen atoms in total. The van der Waals surface area contributed by atoms with E-state index in [1.165, 1.54) is 11.1 Å². The number of aromatic nitrogens is 2. The van der Waals surface area contributed by atoms with E-state index in [0.29, 0.717) is 0 Å². The molecule has 2 heterocycles. The van der Waals surface area contributed by atoms with Gasteiger partial charge in [-0.15, -0.1) is 9.24 Å². The van der Waals surface area contributed by atoms with Gasteiger partial charge in [-0.2, -0.15) is 0 Å². The van der Waals surface area contributed by atoms with Crippen LogP contribution in [-0.2, 0) is 11.3 Å². The molecule has 2 aromatic heterocycles. The summed E-state index contributed by atoms with van der Waals surface area (Å²) in [4.78, 5) is 9.74. The Hall–Kier alpha value is -1.19. The Labute approximate surface area is 238 Å². The highest BCUT2D eigenvalue weighted by Gasteiger charge is 2.50. The molecule has 0 aliphatic heterocycles. The van der Waals surface area contributed by atoms with E-state index in [0.717, 1.165) is 17.0 Å². The van der Waals surface area contributed by atoms with E-state index < -0.39 is 24.1 Å². The maximum Gasteiger partial charge on any atom is 0.0774 e. The highest BCUT2D eigenvalue weighted by Crippen LogP contribution is 2.59. The fraction of sp³-hybridized carbons (Fsp3) is 0.500. The Kier molecular flexibility index (Phi) is 9.07. The summed E-state index contributed by atoms with van der Waals surface area (Å²) in [5.74, 6) is 0. The van der Waals surface area contributed by atoms with Crippen LogP contribution < -0.4 is 21.2 Å². The summed E-state index contributed by atoms with van der Waals surface area (Å²) in [5, 5.41) is 3.18. The summed E-state index contributed by atoms with van der Waals surface area (Å²) >= 11 is 0. The maximum atomic E-state index is 4.87. The lowest BCUT2D eigenvalue weighted by atomic mass is 9.62. The fourth-order valence-corrected chi connectivity index (χ4v) is 13.4. The van der Waals surface area contributed by atoms with Gasteiger partial charge in [0.25, 0.3) is 0 Å². The lowest BCUT2D eigenvalue weighted by molar-refractivity contribution is 0.139. The molecule has 3 aromatic rings. The lowest BCUT2D eigenvalue weighted by Gasteiger charge is -2.53. The molecule has 1 unspecified atom stereocenters. The van der Waals surface area contributed by atoms with Gasteiger partial charge >= 0.3 is 0 Å². The van der Waals surface area contributed by atoms with Crippen molar-refractivity contribution >= 4 is 54.6 Å². The summed E-state index contributed by atoms with van der Waals surface area (Å²) in [7, 11) is -0.564. The van der Waals surface area contributed by atoms with E-state index in [1.54, 1.807) is 10.4 Å². The molecule has 0 radical (unpaired) electrons. The minimum Gasteiger partial charge on any atom is -0.256 e. The average molecular weight is 581 g/mol. The summed E-state index contributed by atoms with van der Waals surface area (Å²) in [5.41, 5.74) is 5.36. The zero-order valence-electron chi connectivity index (χ0n) is 25.9. The maximum absolute atomic E-state index is 4.87. The Morgan fingerprint density at radius 2 is 1.11 bits per heavy atom. The van der Waals surface area contributed by atoms with Crippen LogP contribution in [0.1, 0.15) is 52.7 Å². The van der Waals surface area contributed by atoms with E-state index in [2.05, 4.69) is 126 Å². The van der Waals surface area contributed by atoms with Crippen LogP contribution in [0.5, 0.6) is 0 Å². The van der Waals surface area contributed by atoms with E-state index in [9.17, 15) is 0 Å². The van der Waals surface area contributed by atoms with Gasteiger partial charge in [0.05, 0.1) is 27.0 Å². The quantitative estimate of drug-likeness (QED) is 0.216. The van der Waals surface area contributed by atoms with Gasteiger partial charge in [0.2, 0.25) is 0 Å². The largest absolute Gasteiger partial charge is 0.256 e. The predicted molar refractivity (Wildman–Crippen MR) is 181 cm³/mol. The molecule has 6 heteroatoms. The first kappa shape index (κ1) is 31.3. The van der Waals surface area contributed by atoms with Crippen LogP contribution in [0, 0.1) is 10.8 Å². The van der Waals surface area contributed by atoms with Crippen LogP contribution >= 0.6 is 17.2 Å². The summed E-state index contributed by atoms with van der Waals surface area (Å²) in [6.07, 6.45) is 4.81. The van der Waals surface area contributed by atoms with Gasteiger partial charge < -0.3 is 0 Å². The van der Waals surface area contributed by atoms with Gasteiger partial charge in [-0.3, -0.25) is 9.97 Å². The zero-order chi connectivity index (χ0) is 28.7. The molecule has 0 N–H and O–H groups in total. The van der Waals surface area contributed by atoms with Crippen molar-refractivity contribution in [3.63, 3.8) is 0 Å². The van der Waals surface area contributed by atoms with Crippen molar-refractivity contribution in [3.8, 4) is 0 Å². The highest BCUT2D eigenvalue weighted by atomic mass is 31.1. The number of benzene rings is 1. The Morgan fingerprint density at radius 3 is 1.45 bits per heavy atom. The van der Waals surface area contributed by atoms with Crippen molar-refractivity contribution in [2.24, 2.45) is 10.8 Å². The molecule has 3 rings (SSSR count). The van der Waals surface area contributed by atoms with Gasteiger partial charge in [0, 0.05) is 31.6 Å². The molecule has 0 aliphatic rings. The number of nitrogens with zero attached hydrogens (tertiary/aromatic N) is 2. The molecule has 0 spiro atoms. The molecule has 0 bridgehead atoms. The van der Waals surface area contributed by atoms with Crippen LogP contribution in [0.15, 0.2) is 60.9 Å². The van der Waals surface area contributed by atoms with E-state index in [1.807, 2.05) is 24.5 Å². The molecule has 0 saturated carbocycles. The molecule has 1 aromatic carbocycles.